The van der Waals surface area contributed by atoms with Crippen molar-refractivity contribution >= 4 is 0 Å². The molecule has 0 radical (unpaired) electrons. The normalized spacial score (nSPS) is 52.1. The van der Waals surface area contributed by atoms with Crippen LogP contribution >= 0.6 is 0 Å². The predicted molar refractivity (Wildman–Crippen MR) is 264 cm³/mol. The summed E-state index contributed by atoms with van der Waals surface area (Å²) in [7, 11) is 0. The average Bonchev–Trinajstić information content (AvgIpc) is 3.56. The van der Waals surface area contributed by atoms with Gasteiger partial charge in [0.15, 0.2) is 25.2 Å². The molecular weight excluding hydrogens is 1040 g/mol. The van der Waals surface area contributed by atoms with Crippen LogP contribution in [-0.2, 0) is 37.9 Å². The highest BCUT2D eigenvalue weighted by Crippen LogP contribution is 2.74. The van der Waals surface area contributed by atoms with Gasteiger partial charge >= 0.3 is 0 Å². The summed E-state index contributed by atoms with van der Waals surface area (Å²) in [5, 5.41) is 183. The first-order valence-electron chi connectivity index (χ1n) is 27.8. The minimum atomic E-state index is -1.84. The second kappa shape index (κ2) is 24.0. The third kappa shape index (κ3) is 11.2. The van der Waals surface area contributed by atoms with Gasteiger partial charge < -0.3 is 125 Å². The molecule has 0 aromatic carbocycles. The van der Waals surface area contributed by atoms with Gasteiger partial charge in [0.1, 0.15) is 97.7 Å². The van der Waals surface area contributed by atoms with E-state index in [9.17, 15) is 86.8 Å². The highest BCUT2D eigenvalue weighted by atomic mass is 16.7. The molecule has 8 rings (SSSR count). The molecule has 2 unspecified atom stereocenters. The van der Waals surface area contributed by atoms with Gasteiger partial charge in [-0.05, 0) is 86.9 Å². The van der Waals surface area contributed by atoms with Gasteiger partial charge in [-0.2, -0.15) is 0 Å². The van der Waals surface area contributed by atoms with Gasteiger partial charge in [-0.25, -0.2) is 0 Å². The maximum absolute atomic E-state index is 12.6. The Kier molecular flexibility index (Phi) is 19.3. The van der Waals surface area contributed by atoms with Crippen LogP contribution in [0.2, 0.25) is 0 Å². The van der Waals surface area contributed by atoms with Crippen molar-refractivity contribution < 1.29 is 125 Å². The standard InChI is InChI=1S/C53H90O25/c1-20-22-8-11-31-51(5)13-12-23(21(2)25(56)14-33(50(3,4)70)78-49-45(69)41(65)37(61)30(77-49)19-72-47-43(67)39(63)35(59)28(17-55)75-47)52(51,6)15-32(57)53(31,7)24(22)9-10-26(20)73-48-44(68)40(64)36(60)29(76-48)18-71-46-42(66)38(62)34(58)27(16-54)74-46/h8,20-21,23-49,54-70H,9-19H2,1-7H3/t20-,21+,23?,24-,25?,26+,27-,28-,29-,30-,31+,32-,33-,34-,35-,36-,37-,38+,39+,40+,41+,42-,43-,44-,45-,46-,47-,48-,49+,51+,52-,53+/m1/s1. The molecule has 4 aliphatic heterocycles. The zero-order valence-electron chi connectivity index (χ0n) is 45.5. The molecule has 78 heavy (non-hydrogen) atoms. The molecule has 0 amide bonds. The Morgan fingerprint density at radius 2 is 1.08 bits per heavy atom. The summed E-state index contributed by atoms with van der Waals surface area (Å²) in [5.74, 6) is -0.751. The van der Waals surface area contributed by atoms with Gasteiger partial charge in [0.2, 0.25) is 0 Å². The molecule has 4 heterocycles. The van der Waals surface area contributed by atoms with Crippen LogP contribution in [0.3, 0.4) is 0 Å². The number of hydrogen-bond donors (Lipinski definition) is 17. The lowest BCUT2D eigenvalue weighted by molar-refractivity contribution is -0.342. The molecule has 0 aromatic rings. The molecule has 3 saturated carbocycles. The Balaban J connectivity index is 0.910. The summed E-state index contributed by atoms with van der Waals surface area (Å²) in [6, 6.07) is 0. The molecule has 7 fully saturated rings. The van der Waals surface area contributed by atoms with Gasteiger partial charge in [-0.15, -0.1) is 0 Å². The number of hydrogen-bond acceptors (Lipinski definition) is 25. The highest BCUT2D eigenvalue weighted by molar-refractivity contribution is 5.29. The Labute approximate surface area is 453 Å². The second-order valence-electron chi connectivity index (χ2n) is 25.2. The van der Waals surface area contributed by atoms with Crippen molar-refractivity contribution in [3.8, 4) is 0 Å². The number of rotatable bonds is 17. The minimum Gasteiger partial charge on any atom is -0.394 e. The van der Waals surface area contributed by atoms with E-state index in [1.54, 1.807) is 0 Å². The fourth-order valence-electron chi connectivity index (χ4n) is 15.2. The van der Waals surface area contributed by atoms with E-state index in [1.807, 2.05) is 13.8 Å². The minimum absolute atomic E-state index is 0.0212. The molecule has 0 aromatic heterocycles. The SMILES string of the molecule is C[C@H](C(O)C[C@@H](O[C@@H]1O[C@H](CO[C@@H]2O[C@H](CO)[C@@H](O)[C@H](O)[C@H]2O)[C@@H](O)[C@H](O)[C@H]1O)C(C)(C)O)C1CC[C@@]2(C)[C@@H]3CC=C4[C@@H](C)[C@@H](O[C@@H]5O[C@H](CO[C@@H]6O[C@H](CO)[C@@H](O)[C@H](O)[C@H]6O)[C@@H](O)[C@H](O)[C@H]5O)CC[C@H]4[C@]3(C)[C@H](O)C[C@]12C. The number of aliphatic hydroxyl groups excluding tert-OH is 16. The van der Waals surface area contributed by atoms with Gasteiger partial charge in [0.05, 0.1) is 56.4 Å². The Morgan fingerprint density at radius 3 is 1.58 bits per heavy atom. The summed E-state index contributed by atoms with van der Waals surface area (Å²) in [5.41, 5.74) is -1.90. The topological polar surface area (TPSA) is 418 Å². The molecule has 4 saturated heterocycles. The van der Waals surface area contributed by atoms with Gasteiger partial charge in [0.25, 0.3) is 0 Å². The number of aliphatic hydroxyl groups is 17. The van der Waals surface area contributed by atoms with Crippen molar-refractivity contribution in [2.24, 2.45) is 45.8 Å². The summed E-state index contributed by atoms with van der Waals surface area (Å²) in [6.07, 6.45) is -29.8. The molecule has 25 heteroatoms. The first-order chi connectivity index (χ1) is 36.5. The molecule has 0 spiro atoms. The van der Waals surface area contributed by atoms with Gasteiger partial charge in [-0.1, -0.05) is 46.3 Å². The smallest absolute Gasteiger partial charge is 0.187 e. The molecule has 4 aliphatic carbocycles. The summed E-state index contributed by atoms with van der Waals surface area (Å²) < 4.78 is 46.5. The van der Waals surface area contributed by atoms with Crippen molar-refractivity contribution in [2.45, 2.75) is 246 Å². The third-order valence-corrected chi connectivity index (χ3v) is 20.5. The number of allylic oxidation sites excluding steroid dienone is 1. The van der Waals surface area contributed by atoms with Gasteiger partial charge in [0, 0.05) is 17.8 Å². The van der Waals surface area contributed by atoms with Crippen molar-refractivity contribution in [1.82, 2.24) is 0 Å². The van der Waals surface area contributed by atoms with Crippen LogP contribution in [-0.4, -0.2) is 266 Å². The van der Waals surface area contributed by atoms with Crippen molar-refractivity contribution in [3.05, 3.63) is 11.6 Å². The van der Waals surface area contributed by atoms with Crippen LogP contribution in [0.4, 0.5) is 0 Å². The van der Waals surface area contributed by atoms with Gasteiger partial charge in [-0.3, -0.25) is 0 Å². The van der Waals surface area contributed by atoms with Crippen molar-refractivity contribution in [2.75, 3.05) is 26.4 Å². The van der Waals surface area contributed by atoms with Crippen molar-refractivity contribution in [3.63, 3.8) is 0 Å². The Hall–Kier alpha value is -1.26. The molecule has 32 atom stereocenters. The van der Waals surface area contributed by atoms with E-state index in [1.165, 1.54) is 13.8 Å². The van der Waals surface area contributed by atoms with Crippen LogP contribution in [0.15, 0.2) is 11.6 Å². The van der Waals surface area contributed by atoms with Crippen LogP contribution in [0, 0.1) is 45.8 Å². The van der Waals surface area contributed by atoms with E-state index >= 15 is 0 Å². The van der Waals surface area contributed by atoms with Crippen LogP contribution < -0.4 is 0 Å². The zero-order valence-corrected chi connectivity index (χ0v) is 45.5. The van der Waals surface area contributed by atoms with Crippen LogP contribution in [0.5, 0.6) is 0 Å². The molecule has 452 valence electrons. The van der Waals surface area contributed by atoms with Crippen LogP contribution in [0.1, 0.15) is 93.4 Å². The number of fused-ring (bicyclic) bond motifs is 5. The fourth-order valence-corrected chi connectivity index (χ4v) is 15.2. The van der Waals surface area contributed by atoms with E-state index in [2.05, 4.69) is 26.8 Å². The Morgan fingerprint density at radius 1 is 0.615 bits per heavy atom. The summed E-state index contributed by atoms with van der Waals surface area (Å²) in [6.45, 7) is 11.1. The summed E-state index contributed by atoms with van der Waals surface area (Å²) >= 11 is 0. The largest absolute Gasteiger partial charge is 0.394 e. The first kappa shape index (κ1) is 62.8. The lowest BCUT2D eigenvalue weighted by Crippen LogP contribution is -2.64. The van der Waals surface area contributed by atoms with Crippen molar-refractivity contribution in [1.29, 1.82) is 0 Å². The maximum Gasteiger partial charge on any atom is 0.187 e. The predicted octanol–water partition coefficient (Wildman–Crippen LogP) is -4.65. The lowest BCUT2D eigenvalue weighted by Gasteiger charge is -2.67. The monoisotopic (exact) mass is 1130 g/mol. The molecule has 8 aliphatic rings. The number of ether oxygens (including phenoxy) is 8. The molecular formula is C53H90O25. The van der Waals surface area contributed by atoms with Crippen LogP contribution in [0.25, 0.3) is 0 Å². The molecule has 25 nitrogen and oxygen atoms in total. The quantitative estimate of drug-likeness (QED) is 0.0609. The second-order valence-corrected chi connectivity index (χ2v) is 25.2. The molecule has 17 N–H and O–H groups in total. The Bertz CT molecular complexity index is 2010. The van der Waals surface area contributed by atoms with E-state index in [4.69, 9.17) is 37.9 Å². The average molecular weight is 1130 g/mol. The first-order valence-corrected chi connectivity index (χ1v) is 27.8. The highest BCUT2D eigenvalue weighted by Gasteiger charge is 2.70. The zero-order chi connectivity index (χ0) is 57.5. The fraction of sp³-hybridized carbons (Fsp3) is 0.962. The van der Waals surface area contributed by atoms with E-state index in [0.29, 0.717) is 25.7 Å². The maximum atomic E-state index is 12.6. The van der Waals surface area contributed by atoms with E-state index in [0.717, 1.165) is 18.4 Å². The molecule has 0 bridgehead atoms. The summed E-state index contributed by atoms with van der Waals surface area (Å²) in [4.78, 5) is 0. The van der Waals surface area contributed by atoms with E-state index in [-0.39, 0.29) is 35.5 Å². The van der Waals surface area contributed by atoms with E-state index < -0.39 is 196 Å². The third-order valence-electron chi connectivity index (χ3n) is 20.5. The lowest BCUT2D eigenvalue weighted by atomic mass is 9.39.